The zero-order valence-corrected chi connectivity index (χ0v) is 9.23. The van der Waals surface area contributed by atoms with Crippen molar-refractivity contribution < 1.29 is 4.79 Å². The van der Waals surface area contributed by atoms with Gasteiger partial charge in [-0.3, -0.25) is 4.79 Å². The van der Waals surface area contributed by atoms with Crippen molar-refractivity contribution in [2.24, 2.45) is 5.73 Å². The predicted octanol–water partition coefficient (Wildman–Crippen LogP) is 0.429. The van der Waals surface area contributed by atoms with Crippen LogP contribution >= 0.6 is 0 Å². The Morgan fingerprint density at radius 1 is 1.73 bits per heavy atom. The first-order valence-corrected chi connectivity index (χ1v) is 5.17. The average molecular weight is 210 g/mol. The highest BCUT2D eigenvalue weighted by Gasteiger charge is 2.13. The van der Waals surface area contributed by atoms with E-state index in [1.165, 1.54) is 0 Å². The van der Waals surface area contributed by atoms with Gasteiger partial charge in [0.25, 0.3) is 0 Å². The number of amides is 1. The first-order valence-electron chi connectivity index (χ1n) is 5.17. The minimum atomic E-state index is -0.343. The van der Waals surface area contributed by atoms with Crippen LogP contribution in [0.2, 0.25) is 0 Å². The third-order valence-electron chi connectivity index (χ3n) is 2.31. The zero-order valence-electron chi connectivity index (χ0n) is 9.23. The molecule has 15 heavy (non-hydrogen) atoms. The van der Waals surface area contributed by atoms with Crippen LogP contribution in [0.3, 0.4) is 0 Å². The molecule has 1 atom stereocenters. The summed E-state index contributed by atoms with van der Waals surface area (Å²) < 4.78 is 1.80. The Kier molecular flexibility index (Phi) is 4.30. The molecule has 0 radical (unpaired) electrons. The number of rotatable bonds is 6. The fourth-order valence-corrected chi connectivity index (χ4v) is 1.35. The third-order valence-corrected chi connectivity index (χ3v) is 2.31. The Bertz CT molecular complexity index is 321. The summed E-state index contributed by atoms with van der Waals surface area (Å²) in [6, 6.07) is -0.342. The van der Waals surface area contributed by atoms with Gasteiger partial charge < -0.3 is 15.6 Å². The van der Waals surface area contributed by atoms with Crippen LogP contribution in [0.4, 0.5) is 0 Å². The van der Waals surface area contributed by atoms with Crippen molar-refractivity contribution in [2.45, 2.75) is 32.9 Å². The fourth-order valence-electron chi connectivity index (χ4n) is 1.35. The Hall–Kier alpha value is -1.36. The lowest BCUT2D eigenvalue weighted by Gasteiger charge is -2.13. The maximum absolute atomic E-state index is 11.0. The molecule has 0 saturated heterocycles. The maximum Gasteiger partial charge on any atom is 0.240 e. The monoisotopic (exact) mass is 210 g/mol. The van der Waals surface area contributed by atoms with Crippen LogP contribution in [0.25, 0.3) is 0 Å². The van der Waals surface area contributed by atoms with Crippen LogP contribution in [0.15, 0.2) is 12.5 Å². The molecule has 1 rings (SSSR count). The lowest BCUT2D eigenvalue weighted by atomic mass is 10.3. The normalized spacial score (nSPS) is 12.7. The van der Waals surface area contributed by atoms with E-state index in [0.29, 0.717) is 6.54 Å². The zero-order chi connectivity index (χ0) is 11.3. The quantitative estimate of drug-likeness (QED) is 0.669. The van der Waals surface area contributed by atoms with Crippen molar-refractivity contribution in [1.82, 2.24) is 14.9 Å². The SMILES string of the molecule is CCCNCc1cncn1C(C)C(N)=O. The number of carbonyl (C=O) groups excluding carboxylic acids is 1. The van der Waals surface area contributed by atoms with E-state index in [-0.39, 0.29) is 11.9 Å². The number of hydrogen-bond acceptors (Lipinski definition) is 3. The van der Waals surface area contributed by atoms with E-state index in [2.05, 4.69) is 17.2 Å². The van der Waals surface area contributed by atoms with Crippen LogP contribution < -0.4 is 11.1 Å². The van der Waals surface area contributed by atoms with E-state index < -0.39 is 0 Å². The smallest absolute Gasteiger partial charge is 0.240 e. The number of imidazole rings is 1. The van der Waals surface area contributed by atoms with Crippen molar-refractivity contribution in [3.05, 3.63) is 18.2 Å². The molecule has 0 bridgehead atoms. The molecule has 1 unspecified atom stereocenters. The molecule has 5 nitrogen and oxygen atoms in total. The lowest BCUT2D eigenvalue weighted by Crippen LogP contribution is -2.26. The fraction of sp³-hybridized carbons (Fsp3) is 0.600. The van der Waals surface area contributed by atoms with Crippen molar-refractivity contribution in [2.75, 3.05) is 6.54 Å². The molecule has 84 valence electrons. The van der Waals surface area contributed by atoms with Gasteiger partial charge in [0.05, 0.1) is 12.0 Å². The van der Waals surface area contributed by atoms with E-state index >= 15 is 0 Å². The second-order valence-electron chi connectivity index (χ2n) is 3.55. The molecular weight excluding hydrogens is 192 g/mol. The molecule has 1 aromatic rings. The second kappa shape index (κ2) is 5.50. The topological polar surface area (TPSA) is 72.9 Å². The molecule has 0 aromatic carbocycles. The first kappa shape index (κ1) is 11.7. The summed E-state index contributed by atoms with van der Waals surface area (Å²) in [6.45, 7) is 5.55. The van der Waals surface area contributed by atoms with Gasteiger partial charge in [0, 0.05) is 12.7 Å². The molecule has 0 spiro atoms. The van der Waals surface area contributed by atoms with E-state index in [1.54, 1.807) is 24.0 Å². The number of nitrogens with zero attached hydrogens (tertiary/aromatic N) is 2. The van der Waals surface area contributed by atoms with Crippen molar-refractivity contribution in [3.63, 3.8) is 0 Å². The Labute approximate surface area is 89.7 Å². The van der Waals surface area contributed by atoms with Gasteiger partial charge in [0.15, 0.2) is 0 Å². The van der Waals surface area contributed by atoms with Gasteiger partial charge in [-0.2, -0.15) is 0 Å². The predicted molar refractivity (Wildman–Crippen MR) is 58.1 cm³/mol. The third kappa shape index (κ3) is 3.06. The van der Waals surface area contributed by atoms with E-state index in [4.69, 9.17) is 5.73 Å². The van der Waals surface area contributed by atoms with Gasteiger partial charge in [-0.25, -0.2) is 4.98 Å². The standard InChI is InChI=1S/C10H18N4O/c1-3-4-12-5-9-6-13-7-14(9)8(2)10(11)15/h6-8,12H,3-5H2,1-2H3,(H2,11,15). The summed E-state index contributed by atoms with van der Waals surface area (Å²) in [6.07, 6.45) is 4.47. The highest BCUT2D eigenvalue weighted by Crippen LogP contribution is 2.08. The number of nitrogens with one attached hydrogen (secondary N) is 1. The van der Waals surface area contributed by atoms with Crippen LogP contribution in [-0.2, 0) is 11.3 Å². The second-order valence-corrected chi connectivity index (χ2v) is 3.55. The van der Waals surface area contributed by atoms with Crippen LogP contribution in [-0.4, -0.2) is 22.0 Å². The van der Waals surface area contributed by atoms with Crippen molar-refractivity contribution >= 4 is 5.91 Å². The minimum Gasteiger partial charge on any atom is -0.368 e. The highest BCUT2D eigenvalue weighted by atomic mass is 16.1. The minimum absolute atomic E-state index is 0.342. The molecule has 1 amide bonds. The maximum atomic E-state index is 11.0. The molecule has 0 fully saturated rings. The van der Waals surface area contributed by atoms with Gasteiger partial charge in [-0.05, 0) is 19.9 Å². The van der Waals surface area contributed by atoms with Crippen LogP contribution in [0.5, 0.6) is 0 Å². The number of primary amides is 1. The number of hydrogen-bond donors (Lipinski definition) is 2. The summed E-state index contributed by atoms with van der Waals surface area (Å²) in [5.41, 5.74) is 6.22. The Morgan fingerprint density at radius 3 is 3.07 bits per heavy atom. The highest BCUT2D eigenvalue weighted by molar-refractivity contribution is 5.77. The van der Waals surface area contributed by atoms with E-state index in [0.717, 1.165) is 18.7 Å². The molecule has 5 heteroatoms. The van der Waals surface area contributed by atoms with Gasteiger partial charge in [0.2, 0.25) is 5.91 Å². The summed E-state index contributed by atoms with van der Waals surface area (Å²) in [4.78, 5) is 15.1. The van der Waals surface area contributed by atoms with E-state index in [9.17, 15) is 4.79 Å². The summed E-state index contributed by atoms with van der Waals surface area (Å²) in [5, 5.41) is 3.26. The number of carbonyl (C=O) groups is 1. The number of aromatic nitrogens is 2. The summed E-state index contributed by atoms with van der Waals surface area (Å²) in [5.74, 6) is -0.343. The molecule has 1 heterocycles. The molecule has 0 aliphatic rings. The van der Waals surface area contributed by atoms with Gasteiger partial charge in [-0.1, -0.05) is 6.92 Å². The molecule has 3 N–H and O–H groups in total. The lowest BCUT2D eigenvalue weighted by molar-refractivity contribution is -0.120. The molecule has 1 aromatic heterocycles. The molecule has 0 saturated carbocycles. The Balaban J connectivity index is 2.64. The van der Waals surface area contributed by atoms with Gasteiger partial charge >= 0.3 is 0 Å². The number of nitrogens with two attached hydrogens (primary N) is 1. The van der Waals surface area contributed by atoms with Crippen molar-refractivity contribution in [3.8, 4) is 0 Å². The summed E-state index contributed by atoms with van der Waals surface area (Å²) in [7, 11) is 0. The first-order chi connectivity index (χ1) is 7.16. The van der Waals surface area contributed by atoms with E-state index in [1.807, 2.05) is 0 Å². The largest absolute Gasteiger partial charge is 0.368 e. The van der Waals surface area contributed by atoms with Gasteiger partial charge in [0.1, 0.15) is 6.04 Å². The van der Waals surface area contributed by atoms with Crippen LogP contribution in [0.1, 0.15) is 32.0 Å². The Morgan fingerprint density at radius 2 is 2.47 bits per heavy atom. The van der Waals surface area contributed by atoms with Gasteiger partial charge in [-0.15, -0.1) is 0 Å². The van der Waals surface area contributed by atoms with Crippen molar-refractivity contribution in [1.29, 1.82) is 0 Å². The molecule has 0 aliphatic heterocycles. The average Bonchev–Trinajstić information content (AvgIpc) is 2.65. The molecule has 0 aliphatic carbocycles. The molecular formula is C10H18N4O. The summed E-state index contributed by atoms with van der Waals surface area (Å²) >= 11 is 0. The van der Waals surface area contributed by atoms with Crippen LogP contribution in [0, 0.1) is 0 Å².